The van der Waals surface area contributed by atoms with Crippen molar-refractivity contribution >= 4 is 18.0 Å². The summed E-state index contributed by atoms with van der Waals surface area (Å²) in [5.74, 6) is -4.45. The molecule has 0 aliphatic heterocycles. The van der Waals surface area contributed by atoms with E-state index in [-0.39, 0.29) is 59.5 Å². The summed E-state index contributed by atoms with van der Waals surface area (Å²) in [4.78, 5) is 17.8. The van der Waals surface area contributed by atoms with E-state index in [4.69, 9.17) is 11.1 Å². The molecule has 4 rings (SSSR count). The fraction of sp³-hybridized carbons (Fsp3) is 0.333. The predicted molar refractivity (Wildman–Crippen MR) is 150 cm³/mol. The summed E-state index contributed by atoms with van der Waals surface area (Å²) in [5.41, 5.74) is 5.04. The standard InChI is InChI=1S/C30H30F6N6O2/c1-3-39-27(15(2)17-4-6-23(33)21(11-17)29(37)38)24(10-16-8-18(31)12-19(32)9-16)40-26(44)14-42-25-7-5-20(43)13-22(25)28(41-42)30(34,35)36/h3-4,6,8-9,11-12,15,20,43H,5,7,10,13-14H2,1-2H3,(H3,37,38)(H,40,44)/b27-24-,39-3?. The second kappa shape index (κ2) is 13.0. The maximum atomic E-state index is 14.3. The molecule has 2 atom stereocenters. The van der Waals surface area contributed by atoms with Gasteiger partial charge in [-0.15, -0.1) is 0 Å². The number of aliphatic hydroxyl groups is 1. The summed E-state index contributed by atoms with van der Waals surface area (Å²) >= 11 is 0. The number of fused-ring (bicyclic) bond motifs is 1. The van der Waals surface area contributed by atoms with Gasteiger partial charge in [0.05, 0.1) is 17.4 Å². The quantitative estimate of drug-likeness (QED) is 0.154. The first-order chi connectivity index (χ1) is 20.7. The van der Waals surface area contributed by atoms with Gasteiger partial charge in [0.1, 0.15) is 29.8 Å². The summed E-state index contributed by atoms with van der Waals surface area (Å²) in [5, 5.41) is 23.9. The first-order valence-corrected chi connectivity index (χ1v) is 13.6. The lowest BCUT2D eigenvalue weighted by molar-refractivity contribution is -0.142. The van der Waals surface area contributed by atoms with Gasteiger partial charge in [-0.2, -0.15) is 18.3 Å². The molecular formula is C30H30F6N6O2. The van der Waals surface area contributed by atoms with Gasteiger partial charge in [-0.1, -0.05) is 13.0 Å². The molecule has 0 fully saturated rings. The number of carbonyl (C=O) groups excluding carboxylic acids is 1. The number of hydrogen-bond acceptors (Lipinski definition) is 5. The second-order valence-corrected chi connectivity index (χ2v) is 10.5. The fourth-order valence-electron chi connectivity index (χ4n) is 5.25. The molecule has 1 heterocycles. The van der Waals surface area contributed by atoms with Gasteiger partial charge in [-0.3, -0.25) is 19.9 Å². The molecule has 2 aromatic carbocycles. The van der Waals surface area contributed by atoms with Crippen LogP contribution >= 0.6 is 0 Å². The Morgan fingerprint density at radius 1 is 1.23 bits per heavy atom. The van der Waals surface area contributed by atoms with Crippen molar-refractivity contribution in [3.05, 3.63) is 98.9 Å². The maximum absolute atomic E-state index is 14.3. The number of aliphatic hydroxyl groups excluding tert-OH is 1. The smallest absolute Gasteiger partial charge is 0.393 e. The summed E-state index contributed by atoms with van der Waals surface area (Å²) in [7, 11) is 0. The fourth-order valence-corrected chi connectivity index (χ4v) is 5.25. The number of amides is 1. The Kier molecular flexibility index (Phi) is 9.62. The summed E-state index contributed by atoms with van der Waals surface area (Å²) < 4.78 is 84.6. The van der Waals surface area contributed by atoms with Crippen LogP contribution in [0.25, 0.3) is 0 Å². The van der Waals surface area contributed by atoms with Crippen LogP contribution in [0.4, 0.5) is 26.3 Å². The Hall–Kier alpha value is -4.46. The van der Waals surface area contributed by atoms with Crippen molar-refractivity contribution in [2.75, 3.05) is 0 Å². The molecule has 0 saturated carbocycles. The van der Waals surface area contributed by atoms with Gasteiger partial charge in [-0.05, 0) is 55.2 Å². The number of allylic oxidation sites excluding steroid dienone is 2. The van der Waals surface area contributed by atoms with Crippen LogP contribution in [0.15, 0.2) is 52.8 Å². The van der Waals surface area contributed by atoms with Gasteiger partial charge in [0.25, 0.3) is 0 Å². The van der Waals surface area contributed by atoms with Crippen LogP contribution in [0.3, 0.4) is 0 Å². The number of alkyl halides is 3. The number of nitrogens with zero attached hydrogens (tertiary/aromatic N) is 3. The molecular weight excluding hydrogens is 590 g/mol. The van der Waals surface area contributed by atoms with Crippen LogP contribution in [0, 0.1) is 22.9 Å². The van der Waals surface area contributed by atoms with Crippen LogP contribution in [-0.4, -0.2) is 38.9 Å². The number of carbonyl (C=O) groups is 1. The normalized spacial score (nSPS) is 16.4. The van der Waals surface area contributed by atoms with Gasteiger partial charge in [0, 0.05) is 48.0 Å². The maximum Gasteiger partial charge on any atom is 0.435 e. The van der Waals surface area contributed by atoms with E-state index in [1.54, 1.807) is 13.8 Å². The number of benzene rings is 2. The Morgan fingerprint density at radius 3 is 2.52 bits per heavy atom. The average molecular weight is 621 g/mol. The summed E-state index contributed by atoms with van der Waals surface area (Å²) in [6.45, 7) is 2.63. The van der Waals surface area contributed by atoms with Crippen molar-refractivity contribution in [1.82, 2.24) is 15.1 Å². The van der Waals surface area contributed by atoms with Gasteiger partial charge in [-0.25, -0.2) is 13.2 Å². The number of hydrogen-bond donors (Lipinski definition) is 4. The molecule has 1 aromatic heterocycles. The monoisotopic (exact) mass is 620 g/mol. The number of nitrogens with two attached hydrogens (primary N) is 1. The first kappa shape index (κ1) is 32.5. The second-order valence-electron chi connectivity index (χ2n) is 10.5. The van der Waals surface area contributed by atoms with E-state index in [1.807, 2.05) is 0 Å². The molecule has 0 spiro atoms. The molecule has 44 heavy (non-hydrogen) atoms. The molecule has 5 N–H and O–H groups in total. The van der Waals surface area contributed by atoms with Gasteiger partial charge < -0.3 is 16.2 Å². The van der Waals surface area contributed by atoms with Crippen molar-refractivity contribution in [2.45, 2.75) is 64.3 Å². The Balaban J connectivity index is 1.77. The molecule has 234 valence electrons. The molecule has 14 heteroatoms. The largest absolute Gasteiger partial charge is 0.435 e. The Morgan fingerprint density at radius 2 is 1.91 bits per heavy atom. The van der Waals surface area contributed by atoms with Gasteiger partial charge in [0.15, 0.2) is 5.69 Å². The molecule has 1 amide bonds. The zero-order valence-corrected chi connectivity index (χ0v) is 23.8. The molecule has 1 aliphatic carbocycles. The van der Waals surface area contributed by atoms with Crippen molar-refractivity contribution < 1.29 is 36.2 Å². The van der Waals surface area contributed by atoms with Crippen molar-refractivity contribution in [3.63, 3.8) is 0 Å². The highest BCUT2D eigenvalue weighted by molar-refractivity contribution is 5.95. The lowest BCUT2D eigenvalue weighted by Crippen LogP contribution is -2.31. The van der Waals surface area contributed by atoms with E-state index in [0.717, 1.165) is 22.9 Å². The number of aromatic nitrogens is 2. The lowest BCUT2D eigenvalue weighted by atomic mass is 9.93. The molecule has 0 radical (unpaired) electrons. The van der Waals surface area contributed by atoms with Crippen LogP contribution in [0.2, 0.25) is 0 Å². The molecule has 2 unspecified atom stereocenters. The van der Waals surface area contributed by atoms with E-state index in [1.165, 1.54) is 18.3 Å². The third kappa shape index (κ3) is 7.36. The number of aliphatic imine (C=N–C) groups is 1. The molecule has 0 saturated heterocycles. The lowest BCUT2D eigenvalue weighted by Gasteiger charge is -2.21. The van der Waals surface area contributed by atoms with E-state index < -0.39 is 59.6 Å². The average Bonchev–Trinajstić information content (AvgIpc) is 3.28. The minimum Gasteiger partial charge on any atom is -0.393 e. The third-order valence-electron chi connectivity index (χ3n) is 7.24. The summed E-state index contributed by atoms with van der Waals surface area (Å²) in [6, 6.07) is 6.69. The number of rotatable bonds is 9. The SMILES string of the molecule is CC=N/C(=C(/Cc1cc(F)cc(F)c1)NC(=O)Cn1nc(C(F)(F)F)c2c1CCC(O)C2)C(C)c1ccc(F)c(C(=N)N)c1. The van der Waals surface area contributed by atoms with Crippen molar-refractivity contribution in [2.24, 2.45) is 10.7 Å². The molecule has 0 bridgehead atoms. The molecule has 3 aromatic rings. The van der Waals surface area contributed by atoms with Crippen LogP contribution in [0.5, 0.6) is 0 Å². The topological polar surface area (TPSA) is 129 Å². The molecule has 8 nitrogen and oxygen atoms in total. The Labute approximate surface area is 248 Å². The van der Waals surface area contributed by atoms with E-state index in [0.29, 0.717) is 11.6 Å². The number of amidine groups is 1. The van der Waals surface area contributed by atoms with E-state index in [2.05, 4.69) is 15.4 Å². The van der Waals surface area contributed by atoms with Gasteiger partial charge >= 0.3 is 6.18 Å². The highest BCUT2D eigenvalue weighted by Gasteiger charge is 2.41. The van der Waals surface area contributed by atoms with E-state index in [9.17, 15) is 36.2 Å². The number of nitrogen functional groups attached to an aromatic ring is 1. The highest BCUT2D eigenvalue weighted by Crippen LogP contribution is 2.36. The number of halogens is 6. The van der Waals surface area contributed by atoms with E-state index >= 15 is 0 Å². The van der Waals surface area contributed by atoms with Crippen molar-refractivity contribution in [3.8, 4) is 0 Å². The third-order valence-corrected chi connectivity index (χ3v) is 7.24. The zero-order valence-electron chi connectivity index (χ0n) is 23.8. The Bertz CT molecular complexity index is 1630. The summed E-state index contributed by atoms with van der Waals surface area (Å²) in [6.07, 6.45) is -4.59. The van der Waals surface area contributed by atoms with Crippen LogP contribution < -0.4 is 11.1 Å². The van der Waals surface area contributed by atoms with Gasteiger partial charge in [0.2, 0.25) is 5.91 Å². The predicted octanol–water partition coefficient (Wildman–Crippen LogP) is 4.92. The van der Waals surface area contributed by atoms with Crippen LogP contribution in [0.1, 0.15) is 59.8 Å². The van der Waals surface area contributed by atoms with Crippen molar-refractivity contribution in [1.29, 1.82) is 5.41 Å². The minimum atomic E-state index is -4.80. The molecule has 1 aliphatic rings. The zero-order chi connectivity index (χ0) is 32.3. The minimum absolute atomic E-state index is 0.0730. The number of nitrogens with one attached hydrogen (secondary N) is 2. The van der Waals surface area contributed by atoms with Crippen LogP contribution in [-0.2, 0) is 36.8 Å². The highest BCUT2D eigenvalue weighted by atomic mass is 19.4. The first-order valence-electron chi connectivity index (χ1n) is 13.6.